The summed E-state index contributed by atoms with van der Waals surface area (Å²) < 4.78 is 0. The molecule has 0 saturated heterocycles. The molecule has 2 heteroatoms. The number of benzene rings is 1. The summed E-state index contributed by atoms with van der Waals surface area (Å²) in [5.74, 6) is 2.03. The summed E-state index contributed by atoms with van der Waals surface area (Å²) in [6.07, 6.45) is 6.20. The Bertz CT molecular complexity index is 328. The summed E-state index contributed by atoms with van der Waals surface area (Å²) in [6, 6.07) is 10.6. The number of hydrogen-bond acceptors (Lipinski definition) is 2. The van der Waals surface area contributed by atoms with Gasteiger partial charge in [-0.05, 0) is 55.9 Å². The Morgan fingerprint density at radius 1 is 1.24 bits per heavy atom. The lowest BCUT2D eigenvalue weighted by Crippen LogP contribution is -2.43. The van der Waals surface area contributed by atoms with Crippen LogP contribution in [0, 0.1) is 5.92 Å². The Hall–Kier alpha value is -0.470. The van der Waals surface area contributed by atoms with E-state index in [0.29, 0.717) is 0 Å². The van der Waals surface area contributed by atoms with Crippen LogP contribution in [0.4, 0.5) is 0 Å². The van der Waals surface area contributed by atoms with Gasteiger partial charge in [-0.25, -0.2) is 0 Å². The predicted molar refractivity (Wildman–Crippen MR) is 76.3 cm³/mol. The fourth-order valence-corrected chi connectivity index (χ4v) is 3.57. The number of thioether (sulfide) groups is 1. The molecule has 0 bridgehead atoms. The molecule has 2 rings (SSSR count). The van der Waals surface area contributed by atoms with Crippen molar-refractivity contribution in [3.63, 3.8) is 0 Å². The summed E-state index contributed by atoms with van der Waals surface area (Å²) >= 11 is 1.93. The van der Waals surface area contributed by atoms with E-state index in [1.54, 1.807) is 0 Å². The SMILES string of the molecule is CC1CCC(N)(CCSc2ccccc2)CC1. The van der Waals surface area contributed by atoms with Gasteiger partial charge in [-0.1, -0.05) is 25.1 Å². The van der Waals surface area contributed by atoms with E-state index in [0.717, 1.165) is 18.1 Å². The molecule has 94 valence electrons. The molecule has 0 amide bonds. The Balaban J connectivity index is 1.75. The first-order valence-electron chi connectivity index (χ1n) is 6.65. The van der Waals surface area contributed by atoms with E-state index in [2.05, 4.69) is 37.3 Å². The zero-order valence-corrected chi connectivity index (χ0v) is 11.5. The molecule has 1 saturated carbocycles. The number of rotatable bonds is 4. The third-order valence-corrected chi connectivity index (χ3v) is 4.90. The Kier molecular flexibility index (Phi) is 4.52. The van der Waals surface area contributed by atoms with Gasteiger partial charge >= 0.3 is 0 Å². The van der Waals surface area contributed by atoms with Gasteiger partial charge in [0.15, 0.2) is 0 Å². The predicted octanol–water partition coefficient (Wildman–Crippen LogP) is 4.08. The highest BCUT2D eigenvalue weighted by Gasteiger charge is 2.29. The first kappa shape index (κ1) is 13.0. The van der Waals surface area contributed by atoms with E-state index in [-0.39, 0.29) is 5.54 Å². The lowest BCUT2D eigenvalue weighted by Gasteiger charge is -2.36. The first-order chi connectivity index (χ1) is 8.18. The molecule has 0 radical (unpaired) electrons. The van der Waals surface area contributed by atoms with Crippen molar-refractivity contribution in [2.24, 2.45) is 11.7 Å². The smallest absolute Gasteiger partial charge is 0.0162 e. The average Bonchev–Trinajstić information content (AvgIpc) is 2.35. The Morgan fingerprint density at radius 3 is 2.53 bits per heavy atom. The molecule has 1 nitrogen and oxygen atoms in total. The van der Waals surface area contributed by atoms with Gasteiger partial charge in [-0.3, -0.25) is 0 Å². The van der Waals surface area contributed by atoms with Crippen molar-refractivity contribution in [1.82, 2.24) is 0 Å². The minimum atomic E-state index is 0.119. The van der Waals surface area contributed by atoms with Crippen molar-refractivity contribution in [3.05, 3.63) is 30.3 Å². The molecular formula is C15H23NS. The Morgan fingerprint density at radius 2 is 1.88 bits per heavy atom. The van der Waals surface area contributed by atoms with E-state index in [4.69, 9.17) is 5.73 Å². The minimum absolute atomic E-state index is 0.119. The average molecular weight is 249 g/mol. The fourth-order valence-electron chi connectivity index (χ4n) is 2.48. The van der Waals surface area contributed by atoms with Crippen molar-refractivity contribution in [3.8, 4) is 0 Å². The largest absolute Gasteiger partial charge is 0.325 e. The van der Waals surface area contributed by atoms with Crippen molar-refractivity contribution in [1.29, 1.82) is 0 Å². The van der Waals surface area contributed by atoms with Gasteiger partial charge in [0, 0.05) is 10.4 Å². The highest BCUT2D eigenvalue weighted by Crippen LogP contribution is 2.33. The van der Waals surface area contributed by atoms with Gasteiger partial charge in [-0.2, -0.15) is 0 Å². The summed E-state index contributed by atoms with van der Waals surface area (Å²) in [6.45, 7) is 2.35. The normalized spacial score (nSPS) is 29.2. The monoisotopic (exact) mass is 249 g/mol. The van der Waals surface area contributed by atoms with E-state index >= 15 is 0 Å². The molecule has 0 aromatic heterocycles. The second-order valence-electron chi connectivity index (χ2n) is 5.46. The first-order valence-corrected chi connectivity index (χ1v) is 7.63. The maximum Gasteiger partial charge on any atom is 0.0162 e. The van der Waals surface area contributed by atoms with Gasteiger partial charge in [0.25, 0.3) is 0 Å². The molecule has 1 aromatic rings. The van der Waals surface area contributed by atoms with Crippen LogP contribution in [0.3, 0.4) is 0 Å². The van der Waals surface area contributed by atoms with E-state index in [1.165, 1.54) is 30.6 Å². The third kappa shape index (κ3) is 4.04. The second-order valence-corrected chi connectivity index (χ2v) is 6.62. The lowest BCUT2D eigenvalue weighted by molar-refractivity contribution is 0.240. The molecule has 0 atom stereocenters. The molecule has 1 aliphatic carbocycles. The minimum Gasteiger partial charge on any atom is -0.325 e. The quantitative estimate of drug-likeness (QED) is 0.814. The molecule has 1 fully saturated rings. The van der Waals surface area contributed by atoms with Gasteiger partial charge in [0.05, 0.1) is 0 Å². The summed E-state index contributed by atoms with van der Waals surface area (Å²) in [5, 5.41) is 0. The molecule has 0 spiro atoms. The zero-order chi connectivity index (χ0) is 12.1. The van der Waals surface area contributed by atoms with Crippen LogP contribution in [0.25, 0.3) is 0 Å². The molecule has 0 heterocycles. The molecule has 1 aliphatic rings. The molecule has 17 heavy (non-hydrogen) atoms. The standard InChI is InChI=1S/C15H23NS/c1-13-7-9-15(16,10-8-13)11-12-17-14-5-3-2-4-6-14/h2-6,13H,7-12,16H2,1H3. The van der Waals surface area contributed by atoms with Crippen molar-refractivity contribution >= 4 is 11.8 Å². The van der Waals surface area contributed by atoms with Crippen molar-refractivity contribution in [2.75, 3.05) is 5.75 Å². The van der Waals surface area contributed by atoms with E-state index in [1.807, 2.05) is 11.8 Å². The van der Waals surface area contributed by atoms with Crippen LogP contribution in [0.15, 0.2) is 35.2 Å². The van der Waals surface area contributed by atoms with Crippen LogP contribution >= 0.6 is 11.8 Å². The van der Waals surface area contributed by atoms with Crippen LogP contribution in [0.5, 0.6) is 0 Å². The Labute approximate surface area is 109 Å². The summed E-state index contributed by atoms with van der Waals surface area (Å²) in [4.78, 5) is 1.36. The highest BCUT2D eigenvalue weighted by molar-refractivity contribution is 7.99. The molecule has 0 aliphatic heterocycles. The van der Waals surface area contributed by atoms with Crippen LogP contribution in [-0.2, 0) is 0 Å². The van der Waals surface area contributed by atoms with Crippen molar-refractivity contribution in [2.45, 2.75) is 49.5 Å². The molecule has 0 unspecified atom stereocenters. The van der Waals surface area contributed by atoms with Crippen molar-refractivity contribution < 1.29 is 0 Å². The zero-order valence-electron chi connectivity index (χ0n) is 10.7. The van der Waals surface area contributed by atoms with E-state index < -0.39 is 0 Å². The van der Waals surface area contributed by atoms with Gasteiger partial charge in [0.2, 0.25) is 0 Å². The molecule has 1 aromatic carbocycles. The molecular weight excluding hydrogens is 226 g/mol. The van der Waals surface area contributed by atoms with E-state index in [9.17, 15) is 0 Å². The third-order valence-electron chi connectivity index (χ3n) is 3.88. The number of nitrogens with two attached hydrogens (primary N) is 1. The van der Waals surface area contributed by atoms with Crippen LogP contribution in [0.2, 0.25) is 0 Å². The lowest BCUT2D eigenvalue weighted by atomic mass is 9.76. The maximum absolute atomic E-state index is 6.47. The second kappa shape index (κ2) is 5.92. The van der Waals surface area contributed by atoms with Gasteiger partial charge in [-0.15, -0.1) is 11.8 Å². The highest BCUT2D eigenvalue weighted by atomic mass is 32.2. The van der Waals surface area contributed by atoms with Gasteiger partial charge in [0.1, 0.15) is 0 Å². The summed E-state index contributed by atoms with van der Waals surface area (Å²) in [5.41, 5.74) is 6.59. The summed E-state index contributed by atoms with van der Waals surface area (Å²) in [7, 11) is 0. The molecule has 2 N–H and O–H groups in total. The van der Waals surface area contributed by atoms with Crippen LogP contribution < -0.4 is 5.73 Å². The van der Waals surface area contributed by atoms with Crippen LogP contribution in [0.1, 0.15) is 39.0 Å². The fraction of sp³-hybridized carbons (Fsp3) is 0.600. The number of hydrogen-bond donors (Lipinski definition) is 1. The maximum atomic E-state index is 6.47. The topological polar surface area (TPSA) is 26.0 Å². The van der Waals surface area contributed by atoms with Crippen LogP contribution in [-0.4, -0.2) is 11.3 Å². The van der Waals surface area contributed by atoms with Gasteiger partial charge < -0.3 is 5.73 Å².